The number of nitrogens with zero attached hydrogens (tertiary/aromatic N) is 2. The third kappa shape index (κ3) is 3.20. The van der Waals surface area contributed by atoms with Crippen LogP contribution >= 0.6 is 0 Å². The Bertz CT molecular complexity index is 389. The van der Waals surface area contributed by atoms with Crippen molar-refractivity contribution in [1.29, 1.82) is 0 Å². The van der Waals surface area contributed by atoms with E-state index in [2.05, 4.69) is 11.6 Å². The minimum atomic E-state index is -0.967. The summed E-state index contributed by atoms with van der Waals surface area (Å²) in [7, 11) is 0. The Kier molecular flexibility index (Phi) is 4.20. The van der Waals surface area contributed by atoms with Crippen molar-refractivity contribution in [2.45, 2.75) is 6.54 Å². The predicted molar refractivity (Wildman–Crippen MR) is 59.0 cm³/mol. The van der Waals surface area contributed by atoms with Crippen LogP contribution in [0.15, 0.2) is 37.2 Å². The van der Waals surface area contributed by atoms with Gasteiger partial charge in [-0.2, -0.15) is 0 Å². The van der Waals surface area contributed by atoms with Gasteiger partial charge in [0.1, 0.15) is 0 Å². The lowest BCUT2D eigenvalue weighted by Gasteiger charge is -2.18. The summed E-state index contributed by atoms with van der Waals surface area (Å²) in [6, 6.07) is 3.58. The first-order chi connectivity index (χ1) is 7.65. The fourth-order valence-electron chi connectivity index (χ4n) is 1.24. The zero-order valence-corrected chi connectivity index (χ0v) is 8.80. The van der Waals surface area contributed by atoms with E-state index in [1.54, 1.807) is 18.5 Å². The Labute approximate surface area is 93.6 Å². The van der Waals surface area contributed by atoms with E-state index in [0.717, 1.165) is 5.56 Å². The molecule has 0 spiro atoms. The highest BCUT2D eigenvalue weighted by atomic mass is 16.2. The number of amides is 2. The van der Waals surface area contributed by atoms with Crippen LogP contribution in [0.2, 0.25) is 0 Å². The molecule has 1 aromatic heterocycles. The number of aromatic nitrogens is 1. The van der Waals surface area contributed by atoms with E-state index in [0.29, 0.717) is 6.54 Å². The summed E-state index contributed by atoms with van der Waals surface area (Å²) in [6.45, 7) is 4.09. The maximum absolute atomic E-state index is 11.4. The van der Waals surface area contributed by atoms with E-state index >= 15 is 0 Å². The molecule has 0 aliphatic rings. The number of rotatable bonds is 4. The molecule has 0 unspecified atom stereocenters. The van der Waals surface area contributed by atoms with Gasteiger partial charge in [-0.15, -0.1) is 6.58 Å². The second-order valence-corrected chi connectivity index (χ2v) is 3.20. The Hall–Kier alpha value is -2.17. The van der Waals surface area contributed by atoms with Gasteiger partial charge >= 0.3 is 11.8 Å². The van der Waals surface area contributed by atoms with Gasteiger partial charge in [-0.05, 0) is 11.6 Å². The van der Waals surface area contributed by atoms with E-state index in [1.807, 2.05) is 6.07 Å². The molecule has 84 valence electrons. The fraction of sp³-hybridized carbons (Fsp3) is 0.182. The highest BCUT2D eigenvalue weighted by Crippen LogP contribution is 2.03. The molecule has 0 fully saturated rings. The minimum Gasteiger partial charge on any atom is -0.361 e. The van der Waals surface area contributed by atoms with Crippen LogP contribution in [0.3, 0.4) is 0 Å². The summed E-state index contributed by atoms with van der Waals surface area (Å²) >= 11 is 0. The van der Waals surface area contributed by atoms with E-state index in [1.165, 1.54) is 11.0 Å². The molecule has 1 rings (SSSR count). The van der Waals surface area contributed by atoms with Crippen LogP contribution in [0.5, 0.6) is 0 Å². The Morgan fingerprint density at radius 2 is 2.31 bits per heavy atom. The molecule has 16 heavy (non-hydrogen) atoms. The van der Waals surface area contributed by atoms with Crippen LogP contribution in [0.25, 0.3) is 0 Å². The molecule has 2 N–H and O–H groups in total. The number of hydrogen-bond acceptors (Lipinski definition) is 3. The van der Waals surface area contributed by atoms with E-state index in [-0.39, 0.29) is 6.54 Å². The number of primary amides is 1. The molecule has 0 bridgehead atoms. The van der Waals surface area contributed by atoms with Crippen LogP contribution in [-0.2, 0) is 16.1 Å². The van der Waals surface area contributed by atoms with Gasteiger partial charge in [-0.3, -0.25) is 14.6 Å². The fourth-order valence-corrected chi connectivity index (χ4v) is 1.24. The quantitative estimate of drug-likeness (QED) is 0.575. The Morgan fingerprint density at radius 1 is 1.56 bits per heavy atom. The van der Waals surface area contributed by atoms with Gasteiger partial charge < -0.3 is 10.6 Å². The van der Waals surface area contributed by atoms with Crippen LogP contribution in [-0.4, -0.2) is 28.2 Å². The van der Waals surface area contributed by atoms with Gasteiger partial charge in [0.15, 0.2) is 0 Å². The van der Waals surface area contributed by atoms with Gasteiger partial charge in [0, 0.05) is 25.5 Å². The average molecular weight is 219 g/mol. The monoisotopic (exact) mass is 219 g/mol. The third-order valence-corrected chi connectivity index (χ3v) is 1.94. The van der Waals surface area contributed by atoms with Crippen LogP contribution in [0, 0.1) is 0 Å². The van der Waals surface area contributed by atoms with Crippen molar-refractivity contribution < 1.29 is 9.59 Å². The predicted octanol–water partition coefficient (Wildman–Crippen LogP) is 0.0815. The maximum Gasteiger partial charge on any atom is 0.312 e. The topological polar surface area (TPSA) is 76.3 Å². The van der Waals surface area contributed by atoms with Crippen molar-refractivity contribution in [2.75, 3.05) is 6.54 Å². The Morgan fingerprint density at radius 3 is 2.81 bits per heavy atom. The third-order valence-electron chi connectivity index (χ3n) is 1.94. The molecule has 5 nitrogen and oxygen atoms in total. The first-order valence-corrected chi connectivity index (χ1v) is 4.73. The lowest BCUT2D eigenvalue weighted by atomic mass is 10.2. The Balaban J connectivity index is 2.76. The molecule has 0 aliphatic heterocycles. The molecule has 0 aromatic carbocycles. The van der Waals surface area contributed by atoms with E-state index in [4.69, 9.17) is 5.73 Å². The zero-order chi connectivity index (χ0) is 12.0. The maximum atomic E-state index is 11.4. The number of nitrogens with two attached hydrogens (primary N) is 1. The number of carbonyl (C=O) groups is 2. The van der Waals surface area contributed by atoms with Crippen molar-refractivity contribution in [3.63, 3.8) is 0 Å². The minimum absolute atomic E-state index is 0.274. The first-order valence-electron chi connectivity index (χ1n) is 4.73. The van der Waals surface area contributed by atoms with Crippen LogP contribution in [0.1, 0.15) is 5.56 Å². The van der Waals surface area contributed by atoms with Crippen molar-refractivity contribution in [2.24, 2.45) is 5.73 Å². The second kappa shape index (κ2) is 5.65. The summed E-state index contributed by atoms with van der Waals surface area (Å²) in [4.78, 5) is 27.4. The molecule has 0 saturated heterocycles. The molecule has 0 radical (unpaired) electrons. The first kappa shape index (κ1) is 11.9. The normalized spacial score (nSPS) is 9.50. The lowest BCUT2D eigenvalue weighted by Crippen LogP contribution is -2.39. The molecule has 0 aliphatic carbocycles. The molecular formula is C11H13N3O2. The summed E-state index contributed by atoms with van der Waals surface area (Å²) in [5.41, 5.74) is 5.77. The highest BCUT2D eigenvalue weighted by Gasteiger charge is 2.17. The smallest absolute Gasteiger partial charge is 0.312 e. The van der Waals surface area contributed by atoms with E-state index < -0.39 is 11.8 Å². The van der Waals surface area contributed by atoms with Crippen LogP contribution < -0.4 is 5.73 Å². The van der Waals surface area contributed by atoms with Crippen molar-refractivity contribution in [3.05, 3.63) is 42.7 Å². The largest absolute Gasteiger partial charge is 0.361 e. The number of carbonyl (C=O) groups excluding carboxylic acids is 2. The number of hydrogen-bond donors (Lipinski definition) is 1. The molecule has 0 saturated carbocycles. The second-order valence-electron chi connectivity index (χ2n) is 3.20. The highest BCUT2D eigenvalue weighted by molar-refractivity contribution is 6.34. The van der Waals surface area contributed by atoms with Gasteiger partial charge in [0.05, 0.1) is 0 Å². The van der Waals surface area contributed by atoms with Crippen molar-refractivity contribution >= 4 is 11.8 Å². The SMILES string of the molecule is C=CCN(Cc1cccnc1)C(=O)C(N)=O. The molecule has 1 heterocycles. The van der Waals surface area contributed by atoms with Gasteiger partial charge in [0.2, 0.25) is 0 Å². The molecule has 5 heteroatoms. The van der Waals surface area contributed by atoms with Gasteiger partial charge in [0.25, 0.3) is 0 Å². The van der Waals surface area contributed by atoms with Gasteiger partial charge in [-0.25, -0.2) is 0 Å². The molecule has 1 aromatic rings. The van der Waals surface area contributed by atoms with Gasteiger partial charge in [-0.1, -0.05) is 12.1 Å². The number of pyridine rings is 1. The molecular weight excluding hydrogens is 206 g/mol. The zero-order valence-electron chi connectivity index (χ0n) is 8.80. The molecule has 2 amide bonds. The average Bonchev–Trinajstić information content (AvgIpc) is 2.29. The molecule has 0 atom stereocenters. The van der Waals surface area contributed by atoms with Crippen molar-refractivity contribution in [3.8, 4) is 0 Å². The van der Waals surface area contributed by atoms with Crippen molar-refractivity contribution in [1.82, 2.24) is 9.88 Å². The summed E-state index contributed by atoms with van der Waals surface area (Å²) in [5, 5.41) is 0. The lowest BCUT2D eigenvalue weighted by molar-refractivity contribution is -0.144. The van der Waals surface area contributed by atoms with Crippen LogP contribution in [0.4, 0.5) is 0 Å². The summed E-state index contributed by atoms with van der Waals surface area (Å²) in [6.07, 6.45) is 4.80. The standard InChI is InChI=1S/C11H13N3O2/c1-2-6-14(11(16)10(12)15)8-9-4-3-5-13-7-9/h2-5,7H,1,6,8H2,(H2,12,15). The summed E-state index contributed by atoms with van der Waals surface area (Å²) < 4.78 is 0. The summed E-state index contributed by atoms with van der Waals surface area (Å²) in [5.74, 6) is -1.69. The van der Waals surface area contributed by atoms with E-state index in [9.17, 15) is 9.59 Å².